The van der Waals surface area contributed by atoms with Crippen LogP contribution in [-0.4, -0.2) is 30.9 Å². The Hall–Kier alpha value is -2.90. The molecule has 4 rings (SSSR count). The summed E-state index contributed by atoms with van der Waals surface area (Å²) in [5.41, 5.74) is 10.6. The van der Waals surface area contributed by atoms with E-state index in [0.717, 1.165) is 45.7 Å². The Morgan fingerprint density at radius 3 is 2.71 bits per heavy atom. The normalized spacial score (nSPS) is 11.3. The number of hydrogen-bond acceptors (Lipinski definition) is 5. The fourth-order valence-corrected chi connectivity index (χ4v) is 3.58. The highest BCUT2D eigenvalue weighted by atomic mass is 35.5. The Bertz CT molecular complexity index is 1130. The second-order valence-electron chi connectivity index (χ2n) is 6.75. The lowest BCUT2D eigenvalue weighted by Crippen LogP contribution is -2.07. The van der Waals surface area contributed by atoms with E-state index in [2.05, 4.69) is 27.5 Å². The number of pyridine rings is 1. The van der Waals surface area contributed by atoms with Crippen molar-refractivity contribution in [2.75, 3.05) is 11.9 Å². The van der Waals surface area contributed by atoms with Gasteiger partial charge in [0.25, 0.3) is 0 Å². The number of nitrogens with one attached hydrogen (secondary N) is 1. The van der Waals surface area contributed by atoms with Gasteiger partial charge in [0.2, 0.25) is 0 Å². The zero-order chi connectivity index (χ0) is 19.7. The lowest BCUT2D eigenvalue weighted by Gasteiger charge is -2.14. The highest BCUT2D eigenvalue weighted by Gasteiger charge is 2.13. The summed E-state index contributed by atoms with van der Waals surface area (Å²) in [6.45, 7) is 1.18. The van der Waals surface area contributed by atoms with E-state index in [-0.39, 0.29) is 0 Å². The maximum Gasteiger partial charge on any atom is 0.124 e. The molecule has 4 aromatic rings. The van der Waals surface area contributed by atoms with Gasteiger partial charge in [-0.1, -0.05) is 11.6 Å². The molecule has 144 valence electrons. The van der Waals surface area contributed by atoms with E-state index in [1.807, 2.05) is 41.7 Å². The Morgan fingerprint density at radius 1 is 1.18 bits per heavy atom. The van der Waals surface area contributed by atoms with Crippen LogP contribution in [0, 0.1) is 0 Å². The molecule has 0 aliphatic heterocycles. The van der Waals surface area contributed by atoms with Gasteiger partial charge in [-0.2, -0.15) is 5.10 Å². The standard InChI is InChI=1S/C20H22ClN7/c1-27-12-23-11-19(27)18-8-14(10-24-20-4-6-25-28(20)2)15-7-13(3-5-22)16(21)9-17(15)26-18/h4,6-9,11-12,24H,3,5,10,22H2,1-2H3. The topological polar surface area (TPSA) is 86.6 Å². The molecule has 0 bridgehead atoms. The first-order chi connectivity index (χ1) is 13.6. The Balaban J connectivity index is 1.83. The first-order valence-corrected chi connectivity index (χ1v) is 9.45. The predicted molar refractivity (Wildman–Crippen MR) is 112 cm³/mol. The molecule has 8 heteroatoms. The minimum absolute atomic E-state index is 0.550. The van der Waals surface area contributed by atoms with Crippen LogP contribution >= 0.6 is 11.6 Å². The molecule has 0 saturated heterocycles. The van der Waals surface area contributed by atoms with Gasteiger partial charge in [0.15, 0.2) is 0 Å². The van der Waals surface area contributed by atoms with Crippen molar-refractivity contribution in [2.45, 2.75) is 13.0 Å². The van der Waals surface area contributed by atoms with Gasteiger partial charge in [-0.05, 0) is 42.3 Å². The summed E-state index contributed by atoms with van der Waals surface area (Å²) in [5.74, 6) is 0.947. The smallest absolute Gasteiger partial charge is 0.124 e. The first-order valence-electron chi connectivity index (χ1n) is 9.07. The van der Waals surface area contributed by atoms with E-state index in [1.54, 1.807) is 12.5 Å². The van der Waals surface area contributed by atoms with Crippen LogP contribution < -0.4 is 11.1 Å². The van der Waals surface area contributed by atoms with Crippen LogP contribution in [0.1, 0.15) is 11.1 Å². The molecule has 3 aromatic heterocycles. The summed E-state index contributed by atoms with van der Waals surface area (Å²) in [7, 11) is 3.87. The summed E-state index contributed by atoms with van der Waals surface area (Å²) < 4.78 is 3.76. The molecule has 0 amide bonds. The van der Waals surface area contributed by atoms with Crippen LogP contribution in [0.25, 0.3) is 22.3 Å². The molecular weight excluding hydrogens is 374 g/mol. The largest absolute Gasteiger partial charge is 0.366 e. The molecule has 0 radical (unpaired) electrons. The lowest BCUT2D eigenvalue weighted by atomic mass is 10.0. The maximum atomic E-state index is 6.48. The van der Waals surface area contributed by atoms with Gasteiger partial charge in [-0.15, -0.1) is 0 Å². The highest BCUT2D eigenvalue weighted by molar-refractivity contribution is 6.32. The Kier molecular flexibility index (Phi) is 5.02. The van der Waals surface area contributed by atoms with Gasteiger partial charge in [0.05, 0.1) is 35.6 Å². The Labute approximate surface area is 168 Å². The molecule has 0 aliphatic carbocycles. The molecule has 0 unspecified atom stereocenters. The zero-order valence-corrected chi connectivity index (χ0v) is 16.6. The number of fused-ring (bicyclic) bond motifs is 1. The third-order valence-electron chi connectivity index (χ3n) is 4.84. The fraction of sp³-hybridized carbons (Fsp3) is 0.250. The van der Waals surface area contributed by atoms with Crippen LogP contribution in [0.2, 0.25) is 5.02 Å². The van der Waals surface area contributed by atoms with Crippen LogP contribution in [0.5, 0.6) is 0 Å². The van der Waals surface area contributed by atoms with Crippen LogP contribution in [0.15, 0.2) is 43.0 Å². The molecule has 1 aromatic carbocycles. The van der Waals surface area contributed by atoms with Gasteiger partial charge >= 0.3 is 0 Å². The van der Waals surface area contributed by atoms with E-state index >= 15 is 0 Å². The van der Waals surface area contributed by atoms with E-state index < -0.39 is 0 Å². The molecule has 0 atom stereocenters. The number of nitrogens with zero attached hydrogens (tertiary/aromatic N) is 5. The number of hydrogen-bond donors (Lipinski definition) is 2. The van der Waals surface area contributed by atoms with Gasteiger partial charge in [0.1, 0.15) is 5.82 Å². The van der Waals surface area contributed by atoms with Crippen molar-refractivity contribution in [3.8, 4) is 11.4 Å². The van der Waals surface area contributed by atoms with Crippen LogP contribution in [0.4, 0.5) is 5.82 Å². The Morgan fingerprint density at radius 2 is 2.04 bits per heavy atom. The molecule has 3 N–H and O–H groups in total. The number of aromatic nitrogens is 5. The second-order valence-corrected chi connectivity index (χ2v) is 7.16. The molecule has 28 heavy (non-hydrogen) atoms. The molecular formula is C20H22ClN7. The molecule has 3 heterocycles. The molecule has 0 aliphatic rings. The van der Waals surface area contributed by atoms with Crippen LogP contribution in [0.3, 0.4) is 0 Å². The summed E-state index contributed by atoms with van der Waals surface area (Å²) in [4.78, 5) is 9.06. The molecule has 7 nitrogen and oxygen atoms in total. The van der Waals surface area contributed by atoms with Crippen molar-refractivity contribution in [1.82, 2.24) is 24.3 Å². The van der Waals surface area contributed by atoms with Crippen molar-refractivity contribution in [2.24, 2.45) is 19.8 Å². The van der Waals surface area contributed by atoms with Crippen molar-refractivity contribution in [1.29, 1.82) is 0 Å². The number of halogens is 1. The lowest BCUT2D eigenvalue weighted by molar-refractivity contribution is 0.769. The summed E-state index contributed by atoms with van der Waals surface area (Å²) >= 11 is 6.48. The van der Waals surface area contributed by atoms with E-state index in [4.69, 9.17) is 22.3 Å². The van der Waals surface area contributed by atoms with E-state index in [1.165, 1.54) is 0 Å². The van der Waals surface area contributed by atoms with Crippen molar-refractivity contribution in [3.63, 3.8) is 0 Å². The number of imidazole rings is 1. The average Bonchev–Trinajstić information content (AvgIpc) is 3.28. The van der Waals surface area contributed by atoms with E-state index in [0.29, 0.717) is 18.1 Å². The van der Waals surface area contributed by atoms with E-state index in [9.17, 15) is 0 Å². The van der Waals surface area contributed by atoms with Gasteiger partial charge < -0.3 is 15.6 Å². The monoisotopic (exact) mass is 395 g/mol. The van der Waals surface area contributed by atoms with Gasteiger partial charge in [-0.3, -0.25) is 4.68 Å². The first kappa shape index (κ1) is 18.5. The second kappa shape index (κ2) is 7.61. The molecule has 0 fully saturated rings. The summed E-state index contributed by atoms with van der Waals surface area (Å²) in [6.07, 6.45) is 6.09. The predicted octanol–water partition coefficient (Wildman–Crippen LogP) is 3.14. The minimum atomic E-state index is 0.550. The highest BCUT2D eigenvalue weighted by Crippen LogP contribution is 2.29. The number of aryl methyl sites for hydroxylation is 2. The third kappa shape index (κ3) is 3.46. The SMILES string of the molecule is Cn1cncc1-c1cc(CNc2ccnn2C)c2cc(CCN)c(Cl)cc2n1. The number of benzene rings is 1. The van der Waals surface area contributed by atoms with Crippen molar-refractivity contribution < 1.29 is 0 Å². The van der Waals surface area contributed by atoms with Crippen molar-refractivity contribution >= 4 is 28.3 Å². The van der Waals surface area contributed by atoms with Crippen molar-refractivity contribution in [3.05, 3.63) is 59.1 Å². The summed E-state index contributed by atoms with van der Waals surface area (Å²) in [5, 5.41) is 9.41. The minimum Gasteiger partial charge on any atom is -0.366 e. The summed E-state index contributed by atoms with van der Waals surface area (Å²) in [6, 6.07) is 8.07. The number of nitrogens with two attached hydrogens (primary N) is 1. The molecule has 0 spiro atoms. The zero-order valence-electron chi connectivity index (χ0n) is 15.9. The maximum absolute atomic E-state index is 6.48. The third-order valence-corrected chi connectivity index (χ3v) is 5.19. The average molecular weight is 396 g/mol. The quantitative estimate of drug-likeness (QED) is 0.523. The number of anilines is 1. The van der Waals surface area contributed by atoms with Gasteiger partial charge in [0, 0.05) is 37.1 Å². The fourth-order valence-electron chi connectivity index (χ4n) is 3.32. The molecule has 0 saturated carbocycles. The van der Waals surface area contributed by atoms with Crippen LogP contribution in [-0.2, 0) is 27.1 Å². The number of rotatable bonds is 6. The van der Waals surface area contributed by atoms with Gasteiger partial charge in [-0.25, -0.2) is 9.97 Å².